The fourth-order valence-corrected chi connectivity index (χ4v) is 3.00. The van der Waals surface area contributed by atoms with Crippen LogP contribution in [0, 0.1) is 0 Å². The molecule has 0 fully saturated rings. The fourth-order valence-electron chi connectivity index (χ4n) is 2.14. The number of hydrogen-bond acceptors (Lipinski definition) is 4. The molecular weight excluding hydrogens is 330 g/mol. The Morgan fingerprint density at radius 3 is 2.74 bits per heavy atom. The smallest absolute Gasteiger partial charge is 0.230 e. The van der Waals surface area contributed by atoms with E-state index in [1.807, 2.05) is 41.8 Å². The lowest BCUT2D eigenvalue weighted by Gasteiger charge is -2.03. The van der Waals surface area contributed by atoms with Gasteiger partial charge in [-0.1, -0.05) is 35.9 Å². The zero-order valence-corrected chi connectivity index (χ0v) is 13.7. The van der Waals surface area contributed by atoms with Gasteiger partial charge in [-0.25, -0.2) is 4.98 Å². The summed E-state index contributed by atoms with van der Waals surface area (Å²) >= 11 is 7.27. The van der Waals surface area contributed by atoms with E-state index in [1.54, 1.807) is 12.1 Å². The number of nitrogens with one attached hydrogen (secondary N) is 1. The number of nitrogens with two attached hydrogens (primary N) is 1. The zero-order valence-electron chi connectivity index (χ0n) is 12.1. The lowest BCUT2D eigenvalue weighted by molar-refractivity contribution is -0.115. The predicted octanol–water partition coefficient (Wildman–Crippen LogP) is 4.23. The van der Waals surface area contributed by atoms with Crippen LogP contribution in [-0.4, -0.2) is 10.9 Å². The maximum atomic E-state index is 12.1. The van der Waals surface area contributed by atoms with Crippen molar-refractivity contribution in [3.63, 3.8) is 0 Å². The summed E-state index contributed by atoms with van der Waals surface area (Å²) < 4.78 is 0. The summed E-state index contributed by atoms with van der Waals surface area (Å²) in [5.41, 5.74) is 9.01. The first-order valence-corrected chi connectivity index (χ1v) is 8.21. The second-order valence-electron chi connectivity index (χ2n) is 5.01. The highest BCUT2D eigenvalue weighted by Gasteiger charge is 2.09. The van der Waals surface area contributed by atoms with Crippen molar-refractivity contribution >= 4 is 39.7 Å². The second-order valence-corrected chi connectivity index (χ2v) is 6.31. The number of benzene rings is 2. The minimum absolute atomic E-state index is 0.118. The Kier molecular flexibility index (Phi) is 4.60. The molecule has 0 aliphatic heterocycles. The van der Waals surface area contributed by atoms with Gasteiger partial charge in [-0.05, 0) is 29.8 Å². The van der Waals surface area contributed by atoms with Gasteiger partial charge in [0.2, 0.25) is 5.91 Å². The molecule has 3 N–H and O–H groups in total. The Labute approximate surface area is 142 Å². The van der Waals surface area contributed by atoms with Crippen LogP contribution in [0.15, 0.2) is 53.9 Å². The van der Waals surface area contributed by atoms with Crippen LogP contribution in [0.2, 0.25) is 5.02 Å². The summed E-state index contributed by atoms with van der Waals surface area (Å²) in [5, 5.41) is 5.97. The van der Waals surface area contributed by atoms with Crippen LogP contribution in [-0.2, 0) is 11.2 Å². The third kappa shape index (κ3) is 4.09. The lowest BCUT2D eigenvalue weighted by atomic mass is 10.1. The molecule has 0 aliphatic carbocycles. The molecule has 23 heavy (non-hydrogen) atoms. The number of carbonyl (C=O) groups is 1. The summed E-state index contributed by atoms with van der Waals surface area (Å²) in [7, 11) is 0. The molecule has 0 aliphatic rings. The van der Waals surface area contributed by atoms with Crippen molar-refractivity contribution in [2.24, 2.45) is 0 Å². The van der Waals surface area contributed by atoms with Crippen molar-refractivity contribution in [2.75, 3.05) is 11.1 Å². The van der Waals surface area contributed by atoms with Crippen molar-refractivity contribution in [3.05, 3.63) is 64.5 Å². The third-order valence-corrected chi connectivity index (χ3v) is 4.22. The van der Waals surface area contributed by atoms with E-state index in [1.165, 1.54) is 11.3 Å². The maximum absolute atomic E-state index is 12.1. The molecule has 1 amide bonds. The summed E-state index contributed by atoms with van der Waals surface area (Å²) in [4.78, 5) is 16.5. The first-order chi connectivity index (χ1) is 11.1. The highest BCUT2D eigenvalue weighted by Crippen LogP contribution is 2.26. The number of nitrogens with zero attached hydrogens (tertiary/aromatic N) is 1. The highest BCUT2D eigenvalue weighted by atomic mass is 35.5. The van der Waals surface area contributed by atoms with Gasteiger partial charge >= 0.3 is 0 Å². The number of carbonyl (C=O) groups excluding carboxylic acids is 1. The van der Waals surface area contributed by atoms with Gasteiger partial charge < -0.3 is 11.1 Å². The predicted molar refractivity (Wildman–Crippen MR) is 95.7 cm³/mol. The number of aromatic nitrogens is 1. The zero-order chi connectivity index (χ0) is 16.2. The normalized spacial score (nSPS) is 10.5. The molecule has 6 heteroatoms. The Morgan fingerprint density at radius 1 is 1.22 bits per heavy atom. The average molecular weight is 344 g/mol. The van der Waals surface area contributed by atoms with Crippen LogP contribution >= 0.6 is 22.9 Å². The van der Waals surface area contributed by atoms with Crippen LogP contribution in [0.25, 0.3) is 11.3 Å². The number of halogens is 1. The first-order valence-electron chi connectivity index (χ1n) is 6.96. The molecule has 3 aromatic rings. The van der Waals surface area contributed by atoms with Crippen molar-refractivity contribution in [1.29, 1.82) is 0 Å². The number of hydrogen-bond donors (Lipinski definition) is 2. The molecule has 1 heterocycles. The van der Waals surface area contributed by atoms with Crippen molar-refractivity contribution in [2.45, 2.75) is 6.42 Å². The monoisotopic (exact) mass is 343 g/mol. The van der Waals surface area contributed by atoms with Gasteiger partial charge in [0.25, 0.3) is 0 Å². The van der Waals surface area contributed by atoms with E-state index in [2.05, 4.69) is 10.3 Å². The number of amides is 1. The van der Waals surface area contributed by atoms with E-state index in [4.69, 9.17) is 17.3 Å². The fraction of sp³-hybridized carbons (Fsp3) is 0.0588. The van der Waals surface area contributed by atoms with Crippen LogP contribution in [0.1, 0.15) is 5.56 Å². The Balaban J connectivity index is 1.66. The van der Waals surface area contributed by atoms with Crippen LogP contribution < -0.4 is 11.1 Å². The molecule has 0 saturated heterocycles. The maximum Gasteiger partial charge on any atom is 0.230 e. The highest BCUT2D eigenvalue weighted by molar-refractivity contribution is 7.14. The van der Waals surface area contributed by atoms with Gasteiger partial charge in [0.15, 0.2) is 5.13 Å². The molecule has 2 aromatic carbocycles. The van der Waals surface area contributed by atoms with Crippen molar-refractivity contribution in [1.82, 2.24) is 4.98 Å². The largest absolute Gasteiger partial charge is 0.399 e. The van der Waals surface area contributed by atoms with Gasteiger partial charge in [0.1, 0.15) is 0 Å². The van der Waals surface area contributed by atoms with E-state index in [0.29, 0.717) is 15.8 Å². The quantitative estimate of drug-likeness (QED) is 0.697. The Hall–Kier alpha value is -2.37. The molecule has 3 rings (SSSR count). The number of thiazole rings is 1. The molecule has 4 nitrogen and oxygen atoms in total. The molecule has 0 unspecified atom stereocenters. The Bertz CT molecular complexity index is 830. The number of nitrogen functional groups attached to an aromatic ring is 1. The van der Waals surface area contributed by atoms with E-state index in [0.717, 1.165) is 16.8 Å². The number of anilines is 2. The standard InChI is InChI=1S/C17H14ClN3OS/c18-13-6-4-12(5-7-13)15-10-23-17(20-15)21-16(22)9-11-2-1-3-14(19)8-11/h1-8,10H,9,19H2,(H,20,21,22). The third-order valence-electron chi connectivity index (χ3n) is 3.21. The SMILES string of the molecule is Nc1cccc(CC(=O)Nc2nc(-c3ccc(Cl)cc3)cs2)c1. The molecule has 1 aromatic heterocycles. The van der Waals surface area contributed by atoms with Crippen LogP contribution in [0.3, 0.4) is 0 Å². The summed E-state index contributed by atoms with van der Waals surface area (Å²) in [6, 6.07) is 14.7. The average Bonchev–Trinajstić information content (AvgIpc) is 2.96. The van der Waals surface area contributed by atoms with Gasteiger partial charge in [0, 0.05) is 21.7 Å². The minimum Gasteiger partial charge on any atom is -0.399 e. The minimum atomic E-state index is -0.118. The molecule has 0 radical (unpaired) electrons. The van der Waals surface area contributed by atoms with E-state index < -0.39 is 0 Å². The summed E-state index contributed by atoms with van der Waals surface area (Å²) in [6.45, 7) is 0. The molecule has 0 bridgehead atoms. The van der Waals surface area contributed by atoms with Gasteiger partial charge in [-0.3, -0.25) is 4.79 Å². The molecule has 0 spiro atoms. The first kappa shape index (κ1) is 15.5. The van der Waals surface area contributed by atoms with Gasteiger partial charge in [-0.2, -0.15) is 0 Å². The van der Waals surface area contributed by atoms with Gasteiger partial charge in [0.05, 0.1) is 12.1 Å². The van der Waals surface area contributed by atoms with Crippen LogP contribution in [0.5, 0.6) is 0 Å². The molecule has 116 valence electrons. The summed E-state index contributed by atoms with van der Waals surface area (Å²) in [6.07, 6.45) is 0.265. The van der Waals surface area contributed by atoms with E-state index in [-0.39, 0.29) is 12.3 Å². The lowest BCUT2D eigenvalue weighted by Crippen LogP contribution is -2.14. The second kappa shape index (κ2) is 6.81. The number of rotatable bonds is 4. The van der Waals surface area contributed by atoms with E-state index in [9.17, 15) is 4.79 Å². The van der Waals surface area contributed by atoms with Crippen molar-refractivity contribution in [3.8, 4) is 11.3 Å². The molecule has 0 saturated carbocycles. The molecule has 0 atom stereocenters. The summed E-state index contributed by atoms with van der Waals surface area (Å²) in [5.74, 6) is -0.118. The van der Waals surface area contributed by atoms with Crippen LogP contribution in [0.4, 0.5) is 10.8 Å². The molecular formula is C17H14ClN3OS. The Morgan fingerprint density at radius 2 is 2.00 bits per heavy atom. The van der Waals surface area contributed by atoms with Crippen molar-refractivity contribution < 1.29 is 4.79 Å². The van der Waals surface area contributed by atoms with Gasteiger partial charge in [-0.15, -0.1) is 11.3 Å². The van der Waals surface area contributed by atoms with E-state index >= 15 is 0 Å². The topological polar surface area (TPSA) is 68.0 Å².